The highest BCUT2D eigenvalue weighted by atomic mass is 16.3. The van der Waals surface area contributed by atoms with Crippen molar-refractivity contribution in [3.63, 3.8) is 0 Å². The number of carbonyl (C=O) groups excluding carboxylic acids is 1. The van der Waals surface area contributed by atoms with E-state index >= 15 is 0 Å². The fraction of sp³-hybridized carbons (Fsp3) is 0.471. The lowest BCUT2D eigenvalue weighted by Crippen LogP contribution is -2.30. The molecule has 22 heavy (non-hydrogen) atoms. The lowest BCUT2D eigenvalue weighted by molar-refractivity contribution is 0.148. The molecule has 0 atom stereocenters. The number of anilines is 1. The van der Waals surface area contributed by atoms with Gasteiger partial charge in [0.1, 0.15) is 0 Å². The number of amides is 2. The van der Waals surface area contributed by atoms with Gasteiger partial charge in [0, 0.05) is 35.4 Å². The first kappa shape index (κ1) is 16.4. The summed E-state index contributed by atoms with van der Waals surface area (Å²) in [6, 6.07) is 7.64. The van der Waals surface area contributed by atoms with Gasteiger partial charge in [-0.15, -0.1) is 0 Å². The summed E-state index contributed by atoms with van der Waals surface area (Å²) in [6.07, 6.45) is 1.72. The molecule has 0 radical (unpaired) electrons. The smallest absolute Gasteiger partial charge is 0.319 e. The summed E-state index contributed by atoms with van der Waals surface area (Å²) in [7, 11) is 0. The van der Waals surface area contributed by atoms with Crippen LogP contribution in [0.15, 0.2) is 24.3 Å². The predicted octanol–water partition coefficient (Wildman–Crippen LogP) is 3.40. The van der Waals surface area contributed by atoms with Crippen molar-refractivity contribution in [1.29, 1.82) is 0 Å². The van der Waals surface area contributed by atoms with Gasteiger partial charge >= 0.3 is 6.03 Å². The van der Waals surface area contributed by atoms with Crippen molar-refractivity contribution in [3.8, 4) is 0 Å². The van der Waals surface area contributed by atoms with Crippen molar-refractivity contribution in [3.05, 3.63) is 30.0 Å². The number of aromatic nitrogens is 1. The van der Waals surface area contributed by atoms with Gasteiger partial charge in [-0.25, -0.2) is 4.79 Å². The van der Waals surface area contributed by atoms with Gasteiger partial charge in [0.2, 0.25) is 0 Å². The maximum atomic E-state index is 11.9. The molecule has 2 amide bonds. The quantitative estimate of drug-likeness (QED) is 0.617. The van der Waals surface area contributed by atoms with Crippen molar-refractivity contribution >= 4 is 22.6 Å². The minimum absolute atomic E-state index is 0.0880. The van der Waals surface area contributed by atoms with E-state index in [0.29, 0.717) is 6.54 Å². The van der Waals surface area contributed by atoms with Crippen LogP contribution in [0.2, 0.25) is 0 Å². The Labute approximate surface area is 131 Å². The van der Waals surface area contributed by atoms with Gasteiger partial charge in [0.05, 0.1) is 0 Å². The zero-order valence-electron chi connectivity index (χ0n) is 13.5. The highest BCUT2D eigenvalue weighted by Crippen LogP contribution is 2.21. The Balaban J connectivity index is 1.80. The van der Waals surface area contributed by atoms with Crippen LogP contribution in [0, 0.1) is 12.3 Å². The van der Waals surface area contributed by atoms with Gasteiger partial charge in [0.25, 0.3) is 0 Å². The predicted molar refractivity (Wildman–Crippen MR) is 90.2 cm³/mol. The van der Waals surface area contributed by atoms with Gasteiger partial charge in [-0.05, 0) is 49.4 Å². The van der Waals surface area contributed by atoms with Crippen LogP contribution in [0.4, 0.5) is 10.5 Å². The Bertz CT molecular complexity index is 646. The number of aryl methyl sites for hydroxylation is 1. The van der Waals surface area contributed by atoms with Crippen molar-refractivity contribution in [2.45, 2.75) is 33.6 Å². The molecule has 0 unspecified atom stereocenters. The van der Waals surface area contributed by atoms with Crippen molar-refractivity contribution in [1.82, 2.24) is 10.3 Å². The van der Waals surface area contributed by atoms with Gasteiger partial charge in [0.15, 0.2) is 0 Å². The van der Waals surface area contributed by atoms with E-state index in [1.54, 1.807) is 0 Å². The molecule has 5 nitrogen and oxygen atoms in total. The van der Waals surface area contributed by atoms with Crippen LogP contribution in [-0.4, -0.2) is 29.3 Å². The van der Waals surface area contributed by atoms with E-state index in [4.69, 9.17) is 0 Å². The average molecular weight is 303 g/mol. The highest BCUT2D eigenvalue weighted by molar-refractivity contribution is 5.92. The van der Waals surface area contributed by atoms with Crippen LogP contribution in [0.5, 0.6) is 0 Å². The topological polar surface area (TPSA) is 77.2 Å². The maximum absolute atomic E-state index is 11.9. The number of aliphatic hydroxyl groups excluding tert-OH is 1. The maximum Gasteiger partial charge on any atom is 0.319 e. The number of hydrogen-bond donors (Lipinski definition) is 4. The zero-order valence-corrected chi connectivity index (χ0v) is 13.5. The van der Waals surface area contributed by atoms with Crippen LogP contribution < -0.4 is 10.6 Å². The SMILES string of the molecule is Cc1cc2cc(NC(=O)NCCCC(C)(C)CO)ccc2[nH]1. The average Bonchev–Trinajstić information content (AvgIpc) is 2.83. The van der Waals surface area contributed by atoms with Crippen LogP contribution in [0.3, 0.4) is 0 Å². The summed E-state index contributed by atoms with van der Waals surface area (Å²) in [4.78, 5) is 15.1. The van der Waals surface area contributed by atoms with Crippen molar-refractivity contribution < 1.29 is 9.90 Å². The van der Waals surface area contributed by atoms with E-state index in [1.807, 2.05) is 39.0 Å². The number of carbonyl (C=O) groups is 1. The summed E-state index contributed by atoms with van der Waals surface area (Å²) in [5.74, 6) is 0. The molecule has 120 valence electrons. The summed E-state index contributed by atoms with van der Waals surface area (Å²) in [5, 5.41) is 15.9. The number of urea groups is 1. The standard InChI is InChI=1S/C17H25N3O2/c1-12-9-13-10-14(5-6-15(13)19-12)20-16(22)18-8-4-7-17(2,3)11-21/h5-6,9-10,19,21H,4,7-8,11H2,1-3H3,(H2,18,20,22). The molecule has 0 bridgehead atoms. The lowest BCUT2D eigenvalue weighted by Gasteiger charge is -2.21. The van der Waals surface area contributed by atoms with Crippen molar-refractivity contribution in [2.24, 2.45) is 5.41 Å². The molecular formula is C17H25N3O2. The molecule has 2 aromatic rings. The van der Waals surface area contributed by atoms with Crippen LogP contribution in [0.25, 0.3) is 10.9 Å². The summed E-state index contributed by atoms with van der Waals surface area (Å²) < 4.78 is 0. The number of aliphatic hydroxyl groups is 1. The zero-order chi connectivity index (χ0) is 16.2. The van der Waals surface area contributed by atoms with E-state index in [0.717, 1.165) is 35.1 Å². The monoisotopic (exact) mass is 303 g/mol. The third kappa shape index (κ3) is 4.49. The molecule has 0 aliphatic heterocycles. The number of rotatable bonds is 6. The van der Waals surface area contributed by atoms with Crippen LogP contribution >= 0.6 is 0 Å². The molecule has 5 heteroatoms. The molecule has 0 spiro atoms. The second-order valence-corrected chi connectivity index (χ2v) is 6.56. The molecule has 1 aromatic carbocycles. The summed E-state index contributed by atoms with van der Waals surface area (Å²) in [5.41, 5.74) is 2.85. The molecule has 1 heterocycles. The normalized spacial score (nSPS) is 11.6. The molecule has 1 aromatic heterocycles. The Kier molecular flexibility index (Phi) is 5.08. The minimum atomic E-state index is -0.201. The Morgan fingerprint density at radius 2 is 2.09 bits per heavy atom. The lowest BCUT2D eigenvalue weighted by atomic mass is 9.89. The van der Waals surface area contributed by atoms with Crippen molar-refractivity contribution in [2.75, 3.05) is 18.5 Å². The Morgan fingerprint density at radius 3 is 2.82 bits per heavy atom. The minimum Gasteiger partial charge on any atom is -0.396 e. The Morgan fingerprint density at radius 1 is 1.32 bits per heavy atom. The second kappa shape index (κ2) is 6.83. The molecule has 0 saturated heterocycles. The van der Waals surface area contributed by atoms with Gasteiger partial charge in [-0.2, -0.15) is 0 Å². The molecule has 0 aliphatic carbocycles. The van der Waals surface area contributed by atoms with E-state index < -0.39 is 0 Å². The van der Waals surface area contributed by atoms with Gasteiger partial charge in [-0.3, -0.25) is 0 Å². The van der Waals surface area contributed by atoms with E-state index in [1.165, 1.54) is 0 Å². The van der Waals surface area contributed by atoms with E-state index in [-0.39, 0.29) is 18.1 Å². The number of benzene rings is 1. The fourth-order valence-corrected chi connectivity index (χ4v) is 2.38. The molecule has 4 N–H and O–H groups in total. The fourth-order valence-electron chi connectivity index (χ4n) is 2.38. The molecule has 0 fully saturated rings. The number of nitrogens with one attached hydrogen (secondary N) is 3. The number of hydrogen-bond acceptors (Lipinski definition) is 2. The number of fused-ring (bicyclic) bond motifs is 1. The van der Waals surface area contributed by atoms with Gasteiger partial charge in [-0.1, -0.05) is 13.8 Å². The summed E-state index contributed by atoms with van der Waals surface area (Å²) >= 11 is 0. The van der Waals surface area contributed by atoms with Crippen LogP contribution in [-0.2, 0) is 0 Å². The summed E-state index contributed by atoms with van der Waals surface area (Å²) in [6.45, 7) is 6.80. The number of H-pyrrole nitrogens is 1. The molecular weight excluding hydrogens is 278 g/mol. The van der Waals surface area contributed by atoms with E-state index in [2.05, 4.69) is 21.7 Å². The highest BCUT2D eigenvalue weighted by Gasteiger charge is 2.15. The van der Waals surface area contributed by atoms with Crippen LogP contribution in [0.1, 0.15) is 32.4 Å². The second-order valence-electron chi connectivity index (χ2n) is 6.56. The molecule has 0 saturated carbocycles. The first-order valence-electron chi connectivity index (χ1n) is 7.65. The first-order chi connectivity index (χ1) is 10.4. The largest absolute Gasteiger partial charge is 0.396 e. The Hall–Kier alpha value is -2.01. The van der Waals surface area contributed by atoms with Gasteiger partial charge < -0.3 is 20.7 Å². The van der Waals surface area contributed by atoms with E-state index in [9.17, 15) is 9.90 Å². The number of aromatic amines is 1. The first-order valence-corrected chi connectivity index (χ1v) is 7.65. The third-order valence-corrected chi connectivity index (χ3v) is 3.76. The third-order valence-electron chi connectivity index (χ3n) is 3.76. The molecule has 0 aliphatic rings. The molecule has 2 rings (SSSR count).